The molecule has 0 N–H and O–H groups in total. The summed E-state index contributed by atoms with van der Waals surface area (Å²) >= 11 is 0. The summed E-state index contributed by atoms with van der Waals surface area (Å²) < 4.78 is 23.9. The summed E-state index contributed by atoms with van der Waals surface area (Å²) in [6, 6.07) is 0. The van der Waals surface area contributed by atoms with Crippen molar-refractivity contribution in [1.82, 2.24) is 0 Å². The number of hydrogen-bond acceptors (Lipinski definition) is 0. The largest absolute Gasteiger partial charge is 0.251 e. The van der Waals surface area contributed by atoms with Gasteiger partial charge in [-0.05, 0) is 24.2 Å². The van der Waals surface area contributed by atoms with Crippen LogP contribution in [0.25, 0.3) is 0 Å². The second kappa shape index (κ2) is 4.68. The molecule has 0 nitrogen and oxygen atoms in total. The van der Waals surface area contributed by atoms with Crippen molar-refractivity contribution in [2.45, 2.75) is 33.6 Å². The molecule has 11 heavy (non-hydrogen) atoms. The van der Waals surface area contributed by atoms with Gasteiger partial charge in [0.25, 0.3) is 0 Å². The Morgan fingerprint density at radius 1 is 1.00 bits per heavy atom. The highest BCUT2D eigenvalue weighted by Gasteiger charge is 2.23. The average molecular weight is 164 g/mol. The molecular formula is C9H18F2. The zero-order chi connectivity index (χ0) is 8.91. The highest BCUT2D eigenvalue weighted by atomic mass is 19.1. The molecule has 0 aliphatic heterocycles. The Kier molecular flexibility index (Phi) is 4.62. The van der Waals surface area contributed by atoms with E-state index in [9.17, 15) is 8.78 Å². The number of alkyl halides is 2. The Labute approximate surface area is 68.0 Å². The lowest BCUT2D eigenvalue weighted by atomic mass is 9.77. The molecule has 0 bridgehead atoms. The van der Waals surface area contributed by atoms with Gasteiger partial charge < -0.3 is 0 Å². The zero-order valence-corrected chi connectivity index (χ0v) is 7.66. The number of halogens is 2. The standard InChI is InChI=1S/C9H18F2/c1-9(2,3)8(4-6-10)5-7-11/h8H,4-7H2,1-3H3. The van der Waals surface area contributed by atoms with Crippen molar-refractivity contribution in [3.05, 3.63) is 0 Å². The molecule has 0 amide bonds. The lowest BCUT2D eigenvalue weighted by molar-refractivity contribution is 0.182. The minimum atomic E-state index is -0.331. The summed E-state index contributed by atoms with van der Waals surface area (Å²) in [7, 11) is 0. The normalized spacial score (nSPS) is 12.5. The third kappa shape index (κ3) is 4.33. The molecule has 0 aromatic rings. The van der Waals surface area contributed by atoms with Crippen molar-refractivity contribution in [3.8, 4) is 0 Å². The first-order chi connectivity index (χ1) is 5.02. The van der Waals surface area contributed by atoms with Crippen molar-refractivity contribution in [2.24, 2.45) is 11.3 Å². The smallest absolute Gasteiger partial charge is 0.0897 e. The molecule has 0 unspecified atom stereocenters. The van der Waals surface area contributed by atoms with Crippen LogP contribution in [0.5, 0.6) is 0 Å². The van der Waals surface area contributed by atoms with E-state index in [1.165, 1.54) is 0 Å². The van der Waals surface area contributed by atoms with Gasteiger partial charge in [0, 0.05) is 0 Å². The Hall–Kier alpha value is -0.140. The van der Waals surface area contributed by atoms with Crippen LogP contribution in [-0.2, 0) is 0 Å². The van der Waals surface area contributed by atoms with E-state index in [2.05, 4.69) is 0 Å². The first-order valence-corrected chi connectivity index (χ1v) is 4.14. The van der Waals surface area contributed by atoms with Gasteiger partial charge >= 0.3 is 0 Å². The van der Waals surface area contributed by atoms with Gasteiger partial charge in [-0.2, -0.15) is 0 Å². The van der Waals surface area contributed by atoms with Gasteiger partial charge in [-0.1, -0.05) is 20.8 Å². The van der Waals surface area contributed by atoms with Crippen LogP contribution in [0.4, 0.5) is 8.78 Å². The fourth-order valence-electron chi connectivity index (χ4n) is 1.27. The van der Waals surface area contributed by atoms with Crippen molar-refractivity contribution >= 4 is 0 Å². The minimum Gasteiger partial charge on any atom is -0.251 e. The molecule has 0 saturated carbocycles. The summed E-state index contributed by atoms with van der Waals surface area (Å²) in [4.78, 5) is 0. The van der Waals surface area contributed by atoms with E-state index in [-0.39, 0.29) is 24.7 Å². The second-order valence-electron chi connectivity index (χ2n) is 4.02. The maximum atomic E-state index is 12.0. The van der Waals surface area contributed by atoms with Gasteiger partial charge in [-0.25, -0.2) is 0 Å². The summed E-state index contributed by atoms with van der Waals surface area (Å²) in [5.41, 5.74) is 0.0399. The maximum Gasteiger partial charge on any atom is 0.0897 e. The second-order valence-corrected chi connectivity index (χ2v) is 4.02. The molecule has 0 heterocycles. The molecule has 0 spiro atoms. The van der Waals surface area contributed by atoms with Crippen LogP contribution in [0.1, 0.15) is 33.6 Å². The van der Waals surface area contributed by atoms with Crippen LogP contribution >= 0.6 is 0 Å². The average Bonchev–Trinajstić information content (AvgIpc) is 1.85. The van der Waals surface area contributed by atoms with Crippen molar-refractivity contribution in [2.75, 3.05) is 13.3 Å². The molecule has 0 aliphatic carbocycles. The summed E-state index contributed by atoms with van der Waals surface area (Å²) in [6.07, 6.45) is 0.987. The van der Waals surface area contributed by atoms with E-state index in [0.717, 1.165) is 0 Å². The minimum absolute atomic E-state index is 0.0399. The summed E-state index contributed by atoms with van der Waals surface area (Å²) in [5.74, 6) is 0.178. The molecule has 0 saturated heterocycles. The van der Waals surface area contributed by atoms with Crippen LogP contribution in [0.2, 0.25) is 0 Å². The molecule has 0 aliphatic rings. The monoisotopic (exact) mass is 164 g/mol. The Bertz CT molecular complexity index is 88.2. The highest BCUT2D eigenvalue weighted by Crippen LogP contribution is 2.31. The maximum absolute atomic E-state index is 12.0. The lowest BCUT2D eigenvalue weighted by Crippen LogP contribution is -2.21. The van der Waals surface area contributed by atoms with Crippen LogP contribution in [0.3, 0.4) is 0 Å². The van der Waals surface area contributed by atoms with Crippen LogP contribution in [0.15, 0.2) is 0 Å². The molecule has 0 atom stereocenters. The molecule has 0 radical (unpaired) electrons. The van der Waals surface area contributed by atoms with Gasteiger partial charge in [-0.15, -0.1) is 0 Å². The van der Waals surface area contributed by atoms with Gasteiger partial charge in [-0.3, -0.25) is 8.78 Å². The van der Waals surface area contributed by atoms with Crippen molar-refractivity contribution in [3.63, 3.8) is 0 Å². The van der Waals surface area contributed by atoms with E-state index in [4.69, 9.17) is 0 Å². The third-order valence-electron chi connectivity index (χ3n) is 2.14. The van der Waals surface area contributed by atoms with E-state index in [1.807, 2.05) is 20.8 Å². The Balaban J connectivity index is 3.88. The zero-order valence-electron chi connectivity index (χ0n) is 7.66. The molecule has 2 heteroatoms. The van der Waals surface area contributed by atoms with Gasteiger partial charge in [0.15, 0.2) is 0 Å². The highest BCUT2D eigenvalue weighted by molar-refractivity contribution is 4.73. The summed E-state index contributed by atoms with van der Waals surface area (Å²) in [5, 5.41) is 0. The molecule has 0 rings (SSSR count). The third-order valence-corrected chi connectivity index (χ3v) is 2.14. The molecular weight excluding hydrogens is 146 g/mol. The van der Waals surface area contributed by atoms with Crippen LogP contribution in [0, 0.1) is 11.3 Å². The van der Waals surface area contributed by atoms with Gasteiger partial charge in [0.2, 0.25) is 0 Å². The lowest BCUT2D eigenvalue weighted by Gasteiger charge is -2.29. The predicted octanol–water partition coefficient (Wildman–Crippen LogP) is 3.37. The number of hydrogen-bond donors (Lipinski definition) is 0. The first kappa shape index (κ1) is 10.9. The Morgan fingerprint density at radius 2 is 1.36 bits per heavy atom. The molecule has 68 valence electrons. The van der Waals surface area contributed by atoms with E-state index >= 15 is 0 Å². The van der Waals surface area contributed by atoms with E-state index in [0.29, 0.717) is 12.8 Å². The van der Waals surface area contributed by atoms with E-state index in [1.54, 1.807) is 0 Å². The van der Waals surface area contributed by atoms with Crippen molar-refractivity contribution in [1.29, 1.82) is 0 Å². The fraction of sp³-hybridized carbons (Fsp3) is 1.00. The molecule has 0 aromatic heterocycles. The van der Waals surface area contributed by atoms with Crippen molar-refractivity contribution < 1.29 is 8.78 Å². The SMILES string of the molecule is CC(C)(C)C(CCF)CCF. The molecule has 0 aromatic carbocycles. The first-order valence-electron chi connectivity index (χ1n) is 4.14. The van der Waals surface area contributed by atoms with Gasteiger partial charge in [0.05, 0.1) is 13.3 Å². The van der Waals surface area contributed by atoms with Crippen LogP contribution < -0.4 is 0 Å². The van der Waals surface area contributed by atoms with Gasteiger partial charge in [0.1, 0.15) is 0 Å². The summed E-state index contributed by atoms with van der Waals surface area (Å²) in [6.45, 7) is 5.43. The number of rotatable bonds is 4. The topological polar surface area (TPSA) is 0 Å². The predicted molar refractivity (Wildman–Crippen MR) is 44.1 cm³/mol. The quantitative estimate of drug-likeness (QED) is 0.597. The van der Waals surface area contributed by atoms with Crippen LogP contribution in [-0.4, -0.2) is 13.3 Å². The Morgan fingerprint density at radius 3 is 1.55 bits per heavy atom. The van der Waals surface area contributed by atoms with E-state index < -0.39 is 0 Å². The fourth-order valence-corrected chi connectivity index (χ4v) is 1.27. The molecule has 0 fully saturated rings.